The molecule has 1 unspecified atom stereocenters. The summed E-state index contributed by atoms with van der Waals surface area (Å²) in [6.45, 7) is 9.22. The van der Waals surface area contributed by atoms with E-state index in [4.69, 9.17) is 0 Å². The number of amides is 1. The van der Waals surface area contributed by atoms with E-state index in [-0.39, 0.29) is 11.7 Å². The molecule has 1 aliphatic heterocycles. The summed E-state index contributed by atoms with van der Waals surface area (Å²) in [7, 11) is 1.69. The molecule has 0 aliphatic carbocycles. The lowest BCUT2D eigenvalue weighted by molar-refractivity contribution is -0.120. The van der Waals surface area contributed by atoms with E-state index >= 15 is 0 Å². The molecule has 0 saturated carbocycles. The van der Waals surface area contributed by atoms with Crippen molar-refractivity contribution in [2.24, 2.45) is 5.92 Å². The predicted molar refractivity (Wildman–Crippen MR) is 95.2 cm³/mol. The Morgan fingerprint density at radius 3 is 2.62 bits per heavy atom. The number of carbonyl (C=O) groups is 1. The van der Waals surface area contributed by atoms with E-state index in [0.717, 1.165) is 44.7 Å². The van der Waals surface area contributed by atoms with Crippen molar-refractivity contribution >= 4 is 5.91 Å². The molecule has 0 aromatic heterocycles. The van der Waals surface area contributed by atoms with Crippen LogP contribution < -0.4 is 5.32 Å². The molecule has 1 aromatic rings. The van der Waals surface area contributed by atoms with Gasteiger partial charge in [-0.3, -0.25) is 9.69 Å². The average molecular weight is 335 g/mol. The van der Waals surface area contributed by atoms with Gasteiger partial charge in [0.05, 0.1) is 0 Å². The zero-order valence-electron chi connectivity index (χ0n) is 15.1. The number of halogens is 1. The lowest BCUT2D eigenvalue weighted by atomic mass is 10.0. The number of nitrogens with one attached hydrogen (secondary N) is 1. The van der Waals surface area contributed by atoms with Gasteiger partial charge in [-0.15, -0.1) is 0 Å². The third kappa shape index (κ3) is 5.56. The van der Waals surface area contributed by atoms with Gasteiger partial charge in [-0.05, 0) is 36.6 Å². The fourth-order valence-corrected chi connectivity index (χ4v) is 3.38. The first-order valence-electron chi connectivity index (χ1n) is 8.91. The highest BCUT2D eigenvalue weighted by Crippen LogP contribution is 2.20. The topological polar surface area (TPSA) is 35.6 Å². The average Bonchev–Trinajstić information content (AvgIpc) is 2.77. The van der Waals surface area contributed by atoms with Crippen molar-refractivity contribution in [2.45, 2.75) is 39.3 Å². The third-order valence-electron chi connectivity index (χ3n) is 4.84. The molecule has 1 amide bonds. The second-order valence-electron chi connectivity index (χ2n) is 6.99. The van der Waals surface area contributed by atoms with Gasteiger partial charge < -0.3 is 10.2 Å². The van der Waals surface area contributed by atoms with Gasteiger partial charge >= 0.3 is 0 Å². The Hall–Kier alpha value is -1.46. The Kier molecular flexibility index (Phi) is 7.18. The second kappa shape index (κ2) is 9.14. The molecular weight excluding hydrogens is 305 g/mol. The molecule has 1 aromatic carbocycles. The van der Waals surface area contributed by atoms with Crippen LogP contribution in [0.5, 0.6) is 0 Å². The molecule has 2 rings (SSSR count). The van der Waals surface area contributed by atoms with E-state index in [9.17, 15) is 9.18 Å². The molecule has 1 N–H and O–H groups in total. The number of nitrogens with zero attached hydrogens (tertiary/aromatic N) is 2. The van der Waals surface area contributed by atoms with E-state index in [2.05, 4.69) is 29.0 Å². The summed E-state index contributed by atoms with van der Waals surface area (Å²) in [6.07, 6.45) is 1.65. The largest absolute Gasteiger partial charge is 0.359 e. The summed E-state index contributed by atoms with van der Waals surface area (Å²) in [5, 5.41) is 2.69. The molecule has 0 spiro atoms. The Morgan fingerprint density at radius 2 is 2.00 bits per heavy atom. The van der Waals surface area contributed by atoms with Crippen molar-refractivity contribution in [2.75, 3.05) is 33.2 Å². The number of rotatable bonds is 6. The van der Waals surface area contributed by atoms with Gasteiger partial charge in [0.1, 0.15) is 5.82 Å². The zero-order chi connectivity index (χ0) is 17.5. The van der Waals surface area contributed by atoms with Crippen molar-refractivity contribution in [3.05, 3.63) is 35.6 Å². The van der Waals surface area contributed by atoms with Crippen molar-refractivity contribution in [3.8, 4) is 0 Å². The maximum Gasteiger partial charge on any atom is 0.221 e. The Bertz CT molecular complexity index is 518. The molecule has 134 valence electrons. The SMILES string of the molecule is CNC(=O)CCN1CCCN(Cc2ccc(F)cc2)C(C(C)C)C1. The van der Waals surface area contributed by atoms with Gasteiger partial charge in [-0.1, -0.05) is 26.0 Å². The number of benzene rings is 1. The lowest BCUT2D eigenvalue weighted by Gasteiger charge is -2.34. The highest BCUT2D eigenvalue weighted by Gasteiger charge is 2.27. The minimum atomic E-state index is -0.185. The second-order valence-corrected chi connectivity index (χ2v) is 6.99. The van der Waals surface area contributed by atoms with Gasteiger partial charge in [0.15, 0.2) is 0 Å². The molecule has 24 heavy (non-hydrogen) atoms. The summed E-state index contributed by atoms with van der Waals surface area (Å²) in [6, 6.07) is 7.27. The highest BCUT2D eigenvalue weighted by atomic mass is 19.1. The molecule has 1 fully saturated rings. The summed E-state index contributed by atoms with van der Waals surface area (Å²) in [5.74, 6) is 0.449. The lowest BCUT2D eigenvalue weighted by Crippen LogP contribution is -2.44. The fraction of sp³-hybridized carbons (Fsp3) is 0.632. The quantitative estimate of drug-likeness (QED) is 0.868. The molecule has 1 heterocycles. The summed E-state index contributed by atoms with van der Waals surface area (Å²) in [4.78, 5) is 16.4. The maximum absolute atomic E-state index is 13.1. The van der Waals surface area contributed by atoms with Gasteiger partial charge in [0.25, 0.3) is 0 Å². The third-order valence-corrected chi connectivity index (χ3v) is 4.84. The molecule has 4 nitrogen and oxygen atoms in total. The van der Waals surface area contributed by atoms with Crippen molar-refractivity contribution < 1.29 is 9.18 Å². The van der Waals surface area contributed by atoms with Crippen LogP contribution in [0.25, 0.3) is 0 Å². The molecular formula is C19H30FN3O. The molecule has 1 saturated heterocycles. The van der Waals surface area contributed by atoms with Crippen LogP contribution in [0, 0.1) is 11.7 Å². The first kappa shape index (κ1) is 18.9. The van der Waals surface area contributed by atoms with E-state index in [1.165, 1.54) is 12.1 Å². The summed E-state index contributed by atoms with van der Waals surface area (Å²) >= 11 is 0. The molecule has 1 aliphatic rings. The van der Waals surface area contributed by atoms with Crippen LogP contribution in [0.15, 0.2) is 24.3 Å². The first-order valence-corrected chi connectivity index (χ1v) is 8.91. The molecule has 0 bridgehead atoms. The molecule has 0 radical (unpaired) electrons. The van der Waals surface area contributed by atoms with Gasteiger partial charge in [0.2, 0.25) is 5.91 Å². The van der Waals surface area contributed by atoms with Crippen LogP contribution in [0.1, 0.15) is 32.3 Å². The van der Waals surface area contributed by atoms with Crippen LogP contribution in [-0.4, -0.2) is 55.0 Å². The van der Waals surface area contributed by atoms with E-state index < -0.39 is 0 Å². The maximum atomic E-state index is 13.1. The normalized spacial score (nSPS) is 20.1. The summed E-state index contributed by atoms with van der Waals surface area (Å²) < 4.78 is 13.1. The summed E-state index contributed by atoms with van der Waals surface area (Å²) in [5.41, 5.74) is 1.15. The van der Waals surface area contributed by atoms with Crippen LogP contribution in [0.2, 0.25) is 0 Å². The number of carbonyl (C=O) groups excluding carboxylic acids is 1. The van der Waals surface area contributed by atoms with Crippen molar-refractivity contribution in [1.29, 1.82) is 0 Å². The first-order chi connectivity index (χ1) is 11.5. The highest BCUT2D eigenvalue weighted by molar-refractivity contribution is 5.75. The Labute approximate surface area is 145 Å². The number of hydrogen-bond acceptors (Lipinski definition) is 3. The smallest absolute Gasteiger partial charge is 0.221 e. The van der Waals surface area contributed by atoms with Crippen molar-refractivity contribution in [1.82, 2.24) is 15.1 Å². The fourth-order valence-electron chi connectivity index (χ4n) is 3.38. The Balaban J connectivity index is 2.00. The van der Waals surface area contributed by atoms with Gasteiger partial charge in [-0.2, -0.15) is 0 Å². The minimum Gasteiger partial charge on any atom is -0.359 e. The van der Waals surface area contributed by atoms with Crippen molar-refractivity contribution in [3.63, 3.8) is 0 Å². The van der Waals surface area contributed by atoms with Gasteiger partial charge in [-0.25, -0.2) is 4.39 Å². The van der Waals surface area contributed by atoms with E-state index in [1.54, 1.807) is 7.05 Å². The van der Waals surface area contributed by atoms with Crippen LogP contribution >= 0.6 is 0 Å². The van der Waals surface area contributed by atoms with Crippen LogP contribution in [-0.2, 0) is 11.3 Å². The number of hydrogen-bond donors (Lipinski definition) is 1. The Morgan fingerprint density at radius 1 is 1.29 bits per heavy atom. The predicted octanol–water partition coefficient (Wildman–Crippen LogP) is 2.49. The van der Waals surface area contributed by atoms with Crippen LogP contribution in [0.4, 0.5) is 4.39 Å². The van der Waals surface area contributed by atoms with Gasteiger partial charge in [0, 0.05) is 45.7 Å². The minimum absolute atomic E-state index is 0.100. The van der Waals surface area contributed by atoms with E-state index in [0.29, 0.717) is 18.4 Å². The zero-order valence-corrected chi connectivity index (χ0v) is 15.1. The molecule has 5 heteroatoms. The standard InChI is InChI=1S/C19H30FN3O/c1-15(2)18-14-22(12-9-19(24)21-3)10-4-11-23(18)13-16-5-7-17(20)8-6-16/h5-8,15,18H,4,9-14H2,1-3H3,(H,21,24). The monoisotopic (exact) mass is 335 g/mol. The molecule has 1 atom stereocenters. The van der Waals surface area contributed by atoms with Crippen LogP contribution in [0.3, 0.4) is 0 Å². The van der Waals surface area contributed by atoms with E-state index in [1.807, 2.05) is 12.1 Å².